The highest BCUT2D eigenvalue weighted by Gasteiger charge is 2.49. The Kier molecular flexibility index (Phi) is 5.00. The molecule has 3 fully saturated rings. The smallest absolute Gasteiger partial charge is 0.145 e. The summed E-state index contributed by atoms with van der Waals surface area (Å²) in [4.78, 5) is 15.2. The standard InChI is InChI=1S/C21H28F2N2O/c1-13-20(24-18-12-15(22)11-17(23)19(18)21(13)26)14-5-7-16(8-6-14)25-9-3-2-4-10-25/h5-8,13,15,17-20,24H,2-4,9-12H2,1H3. The molecule has 3 nitrogen and oxygen atoms in total. The number of Topliss-reactive ketones (excluding diaryl/α,β-unsaturated/α-hetero) is 1. The molecule has 4 rings (SSSR count). The van der Waals surface area contributed by atoms with Crippen LogP contribution in [0.15, 0.2) is 24.3 Å². The molecule has 1 saturated carbocycles. The summed E-state index contributed by atoms with van der Waals surface area (Å²) in [5.41, 5.74) is 2.24. The van der Waals surface area contributed by atoms with Gasteiger partial charge in [-0.15, -0.1) is 0 Å². The second-order valence-electron chi connectivity index (χ2n) is 8.19. The number of nitrogens with one attached hydrogen (secondary N) is 1. The molecule has 0 radical (unpaired) electrons. The number of nitrogens with zero attached hydrogens (tertiary/aromatic N) is 1. The molecule has 0 amide bonds. The zero-order chi connectivity index (χ0) is 18.3. The molecule has 6 unspecified atom stereocenters. The lowest BCUT2D eigenvalue weighted by Gasteiger charge is -2.45. The second-order valence-corrected chi connectivity index (χ2v) is 8.19. The van der Waals surface area contributed by atoms with E-state index in [0.29, 0.717) is 0 Å². The Morgan fingerprint density at radius 1 is 1.04 bits per heavy atom. The van der Waals surface area contributed by atoms with Crippen LogP contribution in [0.5, 0.6) is 0 Å². The first kappa shape index (κ1) is 17.9. The van der Waals surface area contributed by atoms with Gasteiger partial charge < -0.3 is 10.2 Å². The molecule has 0 spiro atoms. The van der Waals surface area contributed by atoms with Gasteiger partial charge in [0.2, 0.25) is 0 Å². The Morgan fingerprint density at radius 2 is 1.73 bits per heavy atom. The molecular weight excluding hydrogens is 334 g/mol. The molecule has 6 atom stereocenters. The molecule has 1 aromatic carbocycles. The summed E-state index contributed by atoms with van der Waals surface area (Å²) >= 11 is 0. The van der Waals surface area contributed by atoms with E-state index < -0.39 is 24.3 Å². The van der Waals surface area contributed by atoms with Crippen LogP contribution in [0, 0.1) is 11.8 Å². The van der Waals surface area contributed by atoms with E-state index in [2.05, 4.69) is 34.5 Å². The number of ketones is 1. The van der Waals surface area contributed by atoms with E-state index in [1.165, 1.54) is 24.9 Å². The lowest BCUT2D eigenvalue weighted by molar-refractivity contribution is -0.136. The van der Waals surface area contributed by atoms with Gasteiger partial charge in [0.25, 0.3) is 0 Å². The quantitative estimate of drug-likeness (QED) is 0.864. The third kappa shape index (κ3) is 3.26. The average molecular weight is 362 g/mol. The number of carbonyl (C=O) groups excluding carboxylic acids is 1. The first-order valence-electron chi connectivity index (χ1n) is 9.97. The number of benzene rings is 1. The Hall–Kier alpha value is -1.49. The molecule has 3 aliphatic rings. The molecular formula is C21H28F2N2O. The van der Waals surface area contributed by atoms with E-state index >= 15 is 0 Å². The van der Waals surface area contributed by atoms with Crippen LogP contribution in [-0.2, 0) is 4.79 Å². The number of carbonyl (C=O) groups is 1. The molecule has 2 aliphatic heterocycles. The van der Waals surface area contributed by atoms with E-state index in [-0.39, 0.29) is 30.6 Å². The maximum Gasteiger partial charge on any atom is 0.145 e. The van der Waals surface area contributed by atoms with Crippen molar-refractivity contribution in [3.05, 3.63) is 29.8 Å². The number of hydrogen-bond acceptors (Lipinski definition) is 3. The molecule has 0 aromatic heterocycles. The topological polar surface area (TPSA) is 32.3 Å². The first-order chi connectivity index (χ1) is 12.5. The number of rotatable bonds is 2. The van der Waals surface area contributed by atoms with Crippen LogP contribution in [0.4, 0.5) is 14.5 Å². The van der Waals surface area contributed by atoms with Gasteiger partial charge in [0.05, 0.1) is 5.92 Å². The van der Waals surface area contributed by atoms with Crippen LogP contribution in [0.25, 0.3) is 0 Å². The lowest BCUT2D eigenvalue weighted by Crippen LogP contribution is -2.58. The summed E-state index contributed by atoms with van der Waals surface area (Å²) in [6, 6.07) is 7.79. The van der Waals surface area contributed by atoms with Crippen molar-refractivity contribution in [1.82, 2.24) is 5.32 Å². The SMILES string of the molecule is CC1C(=O)C2C(F)CC(F)CC2NC1c1ccc(N2CCCCC2)cc1. The van der Waals surface area contributed by atoms with E-state index in [9.17, 15) is 13.6 Å². The first-order valence-corrected chi connectivity index (χ1v) is 9.97. The summed E-state index contributed by atoms with van der Waals surface area (Å²) in [7, 11) is 0. The zero-order valence-corrected chi connectivity index (χ0v) is 15.3. The largest absolute Gasteiger partial charge is 0.372 e. The van der Waals surface area contributed by atoms with Crippen molar-refractivity contribution in [3.63, 3.8) is 0 Å². The number of alkyl halides is 2. The van der Waals surface area contributed by atoms with Gasteiger partial charge in [-0.3, -0.25) is 4.79 Å². The molecule has 26 heavy (non-hydrogen) atoms. The van der Waals surface area contributed by atoms with Crippen molar-refractivity contribution < 1.29 is 13.6 Å². The predicted molar refractivity (Wildman–Crippen MR) is 98.9 cm³/mol. The van der Waals surface area contributed by atoms with Crippen molar-refractivity contribution in [2.24, 2.45) is 11.8 Å². The third-order valence-electron chi connectivity index (χ3n) is 6.46. The van der Waals surface area contributed by atoms with Crippen LogP contribution in [0.2, 0.25) is 0 Å². The summed E-state index contributed by atoms with van der Waals surface area (Å²) in [5, 5.41) is 3.40. The average Bonchev–Trinajstić information content (AvgIpc) is 2.65. The summed E-state index contributed by atoms with van der Waals surface area (Å²) in [6.45, 7) is 4.05. The molecule has 0 bridgehead atoms. The highest BCUT2D eigenvalue weighted by molar-refractivity contribution is 5.86. The molecule has 1 aromatic rings. The van der Waals surface area contributed by atoms with E-state index in [1.54, 1.807) is 0 Å². The normalized spacial score (nSPS) is 38.1. The minimum Gasteiger partial charge on any atom is -0.372 e. The predicted octanol–water partition coefficient (Wildman–Crippen LogP) is 3.98. The van der Waals surface area contributed by atoms with Gasteiger partial charge in [0.15, 0.2) is 0 Å². The number of halogens is 2. The lowest BCUT2D eigenvalue weighted by atomic mass is 9.70. The van der Waals surface area contributed by atoms with Crippen LogP contribution in [-0.4, -0.2) is 37.3 Å². The van der Waals surface area contributed by atoms with E-state index in [1.807, 2.05) is 6.92 Å². The molecule has 2 saturated heterocycles. The van der Waals surface area contributed by atoms with Crippen molar-refractivity contribution in [3.8, 4) is 0 Å². The maximum absolute atomic E-state index is 14.3. The van der Waals surface area contributed by atoms with Gasteiger partial charge in [-0.05, 0) is 43.4 Å². The highest BCUT2D eigenvalue weighted by atomic mass is 19.1. The van der Waals surface area contributed by atoms with Gasteiger partial charge in [0.1, 0.15) is 18.1 Å². The highest BCUT2D eigenvalue weighted by Crippen LogP contribution is 2.40. The number of piperidine rings is 2. The second kappa shape index (κ2) is 7.26. The fourth-order valence-electron chi connectivity index (χ4n) is 4.98. The van der Waals surface area contributed by atoms with Gasteiger partial charge >= 0.3 is 0 Å². The summed E-state index contributed by atoms with van der Waals surface area (Å²) in [5.74, 6) is -1.05. The maximum atomic E-state index is 14.3. The van der Waals surface area contributed by atoms with Crippen molar-refractivity contribution in [2.75, 3.05) is 18.0 Å². The molecule has 1 aliphatic carbocycles. The number of anilines is 1. The monoisotopic (exact) mass is 362 g/mol. The fourth-order valence-corrected chi connectivity index (χ4v) is 4.98. The van der Waals surface area contributed by atoms with Crippen LogP contribution in [0.1, 0.15) is 50.6 Å². The van der Waals surface area contributed by atoms with Crippen molar-refractivity contribution in [2.45, 2.75) is 63.5 Å². The molecule has 1 N–H and O–H groups in total. The molecule has 2 heterocycles. The van der Waals surface area contributed by atoms with E-state index in [0.717, 1.165) is 18.7 Å². The fraction of sp³-hybridized carbons (Fsp3) is 0.667. The van der Waals surface area contributed by atoms with E-state index in [4.69, 9.17) is 0 Å². The Balaban J connectivity index is 1.52. The Morgan fingerprint density at radius 3 is 2.42 bits per heavy atom. The van der Waals surface area contributed by atoms with Crippen molar-refractivity contribution >= 4 is 11.5 Å². The minimum atomic E-state index is -1.37. The van der Waals surface area contributed by atoms with Crippen LogP contribution < -0.4 is 10.2 Å². The Labute approximate surface area is 154 Å². The van der Waals surface area contributed by atoms with Gasteiger partial charge in [-0.25, -0.2) is 8.78 Å². The van der Waals surface area contributed by atoms with Gasteiger partial charge in [-0.2, -0.15) is 0 Å². The Bertz CT molecular complexity index is 644. The number of hydrogen-bond donors (Lipinski definition) is 1. The minimum absolute atomic E-state index is 0.0572. The summed E-state index contributed by atoms with van der Waals surface area (Å²) in [6.07, 6.45) is 1.32. The summed E-state index contributed by atoms with van der Waals surface area (Å²) < 4.78 is 28.1. The number of fused-ring (bicyclic) bond motifs is 1. The third-order valence-corrected chi connectivity index (χ3v) is 6.46. The van der Waals surface area contributed by atoms with Gasteiger partial charge in [0, 0.05) is 43.2 Å². The molecule has 5 heteroatoms. The molecule has 142 valence electrons. The van der Waals surface area contributed by atoms with Crippen molar-refractivity contribution in [1.29, 1.82) is 0 Å². The zero-order valence-electron chi connectivity index (χ0n) is 15.3. The van der Waals surface area contributed by atoms with Gasteiger partial charge in [-0.1, -0.05) is 19.1 Å². The van der Waals surface area contributed by atoms with Crippen LogP contribution >= 0.6 is 0 Å². The van der Waals surface area contributed by atoms with Crippen LogP contribution in [0.3, 0.4) is 0 Å².